The van der Waals surface area contributed by atoms with Gasteiger partial charge in [-0.2, -0.15) is 0 Å². The van der Waals surface area contributed by atoms with E-state index in [1.165, 1.54) is 27.1 Å². The van der Waals surface area contributed by atoms with Gasteiger partial charge in [-0.1, -0.05) is 105 Å². The molecule has 0 bridgehead atoms. The van der Waals surface area contributed by atoms with Crippen LogP contribution in [0.1, 0.15) is 30.9 Å². The summed E-state index contributed by atoms with van der Waals surface area (Å²) in [6.07, 6.45) is 1.86. The predicted octanol–water partition coefficient (Wildman–Crippen LogP) is 10.8. The minimum absolute atomic E-state index is 0.255. The summed E-state index contributed by atoms with van der Waals surface area (Å²) in [6.45, 7) is 6.66. The lowest BCUT2D eigenvalue weighted by atomic mass is 9.89. The van der Waals surface area contributed by atoms with E-state index in [0.717, 1.165) is 55.8 Å². The van der Waals surface area contributed by atoms with Crippen LogP contribution in [0.3, 0.4) is 0 Å². The molecule has 46 heavy (non-hydrogen) atoms. The molecule has 5 heteroatoms. The van der Waals surface area contributed by atoms with Crippen molar-refractivity contribution in [3.63, 3.8) is 0 Å². The number of nitrogens with zero attached hydrogens (tertiary/aromatic N) is 4. The smallest absolute Gasteiger partial charge is 0.229 e. The number of fused-ring (bicyclic) bond motifs is 7. The van der Waals surface area contributed by atoms with Crippen LogP contribution < -0.4 is 0 Å². The Morgan fingerprint density at radius 2 is 1.37 bits per heavy atom. The van der Waals surface area contributed by atoms with Crippen molar-refractivity contribution in [1.29, 1.82) is 0 Å². The summed E-state index contributed by atoms with van der Waals surface area (Å²) in [5.41, 5.74) is 10.3. The lowest BCUT2D eigenvalue weighted by Crippen LogP contribution is -2.06. The Balaban J connectivity index is 1.41. The van der Waals surface area contributed by atoms with Gasteiger partial charge in [-0.3, -0.25) is 9.55 Å². The fraction of sp³-hybridized carbons (Fsp3) is 0.0976. The summed E-state index contributed by atoms with van der Waals surface area (Å²) < 4.78 is 9.02. The second-order valence-corrected chi connectivity index (χ2v) is 12.3. The molecule has 0 aliphatic rings. The summed E-state index contributed by atoms with van der Waals surface area (Å²) in [4.78, 5) is 15.1. The molecule has 220 valence electrons. The molecule has 4 heterocycles. The minimum atomic E-state index is 0.255. The van der Waals surface area contributed by atoms with E-state index in [1.807, 2.05) is 36.5 Å². The van der Waals surface area contributed by atoms with Crippen LogP contribution in [-0.4, -0.2) is 19.5 Å². The Morgan fingerprint density at radius 1 is 0.696 bits per heavy atom. The maximum atomic E-state index is 6.68. The third kappa shape index (κ3) is 3.85. The van der Waals surface area contributed by atoms with Crippen molar-refractivity contribution in [2.45, 2.75) is 26.7 Å². The molecule has 0 unspecified atom stereocenters. The van der Waals surface area contributed by atoms with Gasteiger partial charge in [0.2, 0.25) is 5.71 Å². The first-order valence-electron chi connectivity index (χ1n) is 15.7. The van der Waals surface area contributed by atoms with Gasteiger partial charge in [-0.05, 0) is 64.4 Å². The van der Waals surface area contributed by atoms with Crippen molar-refractivity contribution in [2.24, 2.45) is 0 Å². The van der Waals surface area contributed by atoms with Gasteiger partial charge in [0.1, 0.15) is 11.3 Å². The van der Waals surface area contributed by atoms with Crippen molar-refractivity contribution >= 4 is 54.8 Å². The molecule has 0 saturated heterocycles. The zero-order chi connectivity index (χ0) is 30.9. The molecule has 0 spiro atoms. The van der Waals surface area contributed by atoms with Crippen molar-refractivity contribution in [3.05, 3.63) is 133 Å². The quantitative estimate of drug-likeness (QED) is 0.190. The minimum Gasteiger partial charge on any atom is -0.435 e. The van der Waals surface area contributed by atoms with Crippen molar-refractivity contribution < 1.29 is 4.42 Å². The standard InChI is InChI=1S/C41H30N4O/c1-24(2)35-29-17-9-7-15-27(29)28-16-8-10-18-30(28)38(35)45-34-20-12-11-19-32(34)43-40(45)31-21-22-42-37-36-25(3)23-33(26-13-5-4-6-14-26)44-41(36)46-39(31)37/h4-24H,1-3H3. The number of para-hydroxylation sites is 2. The van der Waals surface area contributed by atoms with Crippen LogP contribution in [0.5, 0.6) is 0 Å². The number of aromatic nitrogens is 4. The number of hydrogen-bond donors (Lipinski definition) is 0. The number of aryl methyl sites for hydroxylation is 1. The zero-order valence-electron chi connectivity index (χ0n) is 25.8. The molecule has 9 aromatic rings. The van der Waals surface area contributed by atoms with Gasteiger partial charge in [0.15, 0.2) is 5.58 Å². The monoisotopic (exact) mass is 594 g/mol. The number of furan rings is 1. The van der Waals surface area contributed by atoms with Crippen LogP contribution in [0.4, 0.5) is 0 Å². The lowest BCUT2D eigenvalue weighted by Gasteiger charge is -2.22. The number of imidazole rings is 1. The number of pyridine rings is 2. The molecule has 0 radical (unpaired) electrons. The lowest BCUT2D eigenvalue weighted by molar-refractivity contribution is 0.654. The second kappa shape index (κ2) is 10.1. The second-order valence-electron chi connectivity index (χ2n) is 12.3. The molecule has 5 nitrogen and oxygen atoms in total. The van der Waals surface area contributed by atoms with Crippen molar-refractivity contribution in [3.8, 4) is 28.3 Å². The fourth-order valence-electron chi connectivity index (χ4n) is 7.17. The molecule has 0 fully saturated rings. The molecule has 9 rings (SSSR count). The van der Waals surface area contributed by atoms with E-state index < -0.39 is 0 Å². The largest absolute Gasteiger partial charge is 0.435 e. The number of benzene rings is 5. The molecular formula is C41H30N4O. The number of hydrogen-bond acceptors (Lipinski definition) is 4. The van der Waals surface area contributed by atoms with Crippen molar-refractivity contribution in [2.75, 3.05) is 0 Å². The summed E-state index contributed by atoms with van der Waals surface area (Å²) in [5.74, 6) is 1.07. The molecule has 0 amide bonds. The topological polar surface area (TPSA) is 56.7 Å². The van der Waals surface area contributed by atoms with Gasteiger partial charge in [0, 0.05) is 17.1 Å². The van der Waals surface area contributed by atoms with E-state index in [4.69, 9.17) is 19.4 Å². The first-order chi connectivity index (χ1) is 22.6. The van der Waals surface area contributed by atoms with Gasteiger partial charge in [-0.15, -0.1) is 0 Å². The Kier molecular flexibility index (Phi) is 5.84. The van der Waals surface area contributed by atoms with Gasteiger partial charge in [0.25, 0.3) is 0 Å². The summed E-state index contributed by atoms with van der Waals surface area (Å²) >= 11 is 0. The summed E-state index contributed by atoms with van der Waals surface area (Å²) in [7, 11) is 0. The van der Waals surface area contributed by atoms with Gasteiger partial charge in [-0.25, -0.2) is 9.97 Å². The highest BCUT2D eigenvalue weighted by molar-refractivity contribution is 6.14. The predicted molar refractivity (Wildman–Crippen MR) is 189 cm³/mol. The fourth-order valence-corrected chi connectivity index (χ4v) is 7.17. The molecule has 0 atom stereocenters. The molecule has 4 aromatic heterocycles. The van der Waals surface area contributed by atoms with Crippen LogP contribution in [0.2, 0.25) is 0 Å². The Hall–Kier alpha value is -5.81. The molecule has 5 aromatic carbocycles. The van der Waals surface area contributed by atoms with Crippen LogP contribution in [0.25, 0.3) is 83.1 Å². The maximum Gasteiger partial charge on any atom is 0.229 e. The Morgan fingerprint density at radius 3 is 2.15 bits per heavy atom. The van der Waals surface area contributed by atoms with E-state index in [1.54, 1.807) is 0 Å². The first kappa shape index (κ1) is 26.6. The zero-order valence-corrected chi connectivity index (χ0v) is 25.8. The van der Waals surface area contributed by atoms with E-state index in [2.05, 4.69) is 110 Å². The summed E-state index contributed by atoms with van der Waals surface area (Å²) in [5, 5.41) is 5.85. The molecule has 0 N–H and O–H groups in total. The highest BCUT2D eigenvalue weighted by atomic mass is 16.3. The number of rotatable bonds is 4. The average molecular weight is 595 g/mol. The van der Waals surface area contributed by atoms with Crippen LogP contribution in [-0.2, 0) is 0 Å². The van der Waals surface area contributed by atoms with Crippen LogP contribution >= 0.6 is 0 Å². The third-order valence-corrected chi connectivity index (χ3v) is 9.14. The average Bonchev–Trinajstić information content (AvgIpc) is 3.67. The van der Waals surface area contributed by atoms with Crippen molar-refractivity contribution in [1.82, 2.24) is 19.5 Å². The van der Waals surface area contributed by atoms with E-state index in [0.29, 0.717) is 11.3 Å². The molecule has 0 saturated carbocycles. The normalized spacial score (nSPS) is 12.0. The Bertz CT molecular complexity index is 2630. The van der Waals surface area contributed by atoms with Gasteiger partial charge >= 0.3 is 0 Å². The molecule has 0 aliphatic carbocycles. The van der Waals surface area contributed by atoms with Crippen LogP contribution in [0.15, 0.2) is 126 Å². The van der Waals surface area contributed by atoms with E-state index >= 15 is 0 Å². The Labute approximate surface area is 265 Å². The third-order valence-electron chi connectivity index (χ3n) is 9.14. The van der Waals surface area contributed by atoms with Gasteiger partial charge < -0.3 is 4.42 Å². The maximum absolute atomic E-state index is 6.68. The van der Waals surface area contributed by atoms with Gasteiger partial charge in [0.05, 0.1) is 33.4 Å². The van der Waals surface area contributed by atoms with E-state index in [-0.39, 0.29) is 5.92 Å². The van der Waals surface area contributed by atoms with E-state index in [9.17, 15) is 0 Å². The SMILES string of the molecule is Cc1cc(-c2ccccc2)nc2oc3c(-c4nc5ccccc5n4-c4c(C(C)C)c5ccccc5c5ccccc45)ccnc3c12. The highest BCUT2D eigenvalue weighted by Crippen LogP contribution is 2.44. The summed E-state index contributed by atoms with van der Waals surface area (Å²) in [6, 6.07) is 40.2. The highest BCUT2D eigenvalue weighted by Gasteiger charge is 2.26. The first-order valence-corrected chi connectivity index (χ1v) is 15.7. The van der Waals surface area contributed by atoms with Crippen LogP contribution in [0, 0.1) is 6.92 Å². The molecular weight excluding hydrogens is 564 g/mol. The molecule has 0 aliphatic heterocycles.